The molecule has 5 nitrogen and oxygen atoms in total. The van der Waals surface area contributed by atoms with Gasteiger partial charge in [0.2, 0.25) is 5.91 Å². The molecule has 0 aromatic heterocycles. The van der Waals surface area contributed by atoms with E-state index < -0.39 is 6.10 Å². The van der Waals surface area contributed by atoms with Crippen LogP contribution in [0.2, 0.25) is 0 Å². The highest BCUT2D eigenvalue weighted by Crippen LogP contribution is 2.55. The zero-order valence-electron chi connectivity index (χ0n) is 18.2. The summed E-state index contributed by atoms with van der Waals surface area (Å²) in [6, 6.07) is 12.5. The van der Waals surface area contributed by atoms with Crippen molar-refractivity contribution in [2.24, 2.45) is 0 Å². The number of benzene rings is 2. The Bertz CT molecular complexity index is 995. The van der Waals surface area contributed by atoms with Gasteiger partial charge in [0.15, 0.2) is 0 Å². The monoisotopic (exact) mass is 423 g/mol. The molecule has 1 fully saturated rings. The number of likely N-dealkylation sites (N-methyl/N-ethyl adjacent to an activating group) is 1. The second-order valence-electron chi connectivity index (χ2n) is 9.42. The number of carbonyl (C=O) groups excluding carboxylic acids is 1. The lowest BCUT2D eigenvalue weighted by atomic mass is 9.78. The molecule has 31 heavy (non-hydrogen) atoms. The van der Waals surface area contributed by atoms with E-state index >= 15 is 0 Å². The lowest BCUT2D eigenvalue weighted by Crippen LogP contribution is -2.58. The molecule has 2 aromatic carbocycles. The van der Waals surface area contributed by atoms with E-state index in [1.54, 1.807) is 17.0 Å². The lowest BCUT2D eigenvalue weighted by Gasteiger charge is -2.48. The number of para-hydroxylation sites is 1. The molecule has 0 spiro atoms. The van der Waals surface area contributed by atoms with Crippen LogP contribution in [-0.2, 0) is 4.79 Å². The molecule has 5 rings (SSSR count). The molecule has 3 aliphatic rings. The number of nitrogens with zero attached hydrogens (tertiary/aromatic N) is 3. The number of hydrogen-bond acceptors (Lipinski definition) is 4. The fraction of sp³-hybridized carbons (Fsp3) is 0.480. The van der Waals surface area contributed by atoms with Crippen LogP contribution < -0.4 is 9.80 Å². The number of piperidine rings is 1. The third-order valence-electron chi connectivity index (χ3n) is 7.67. The molecule has 3 atom stereocenters. The summed E-state index contributed by atoms with van der Waals surface area (Å²) in [4.78, 5) is 19.3. The van der Waals surface area contributed by atoms with Crippen LogP contribution in [0.1, 0.15) is 49.3 Å². The molecule has 1 amide bonds. The van der Waals surface area contributed by atoms with Gasteiger partial charge in [-0.05, 0) is 62.1 Å². The van der Waals surface area contributed by atoms with Gasteiger partial charge in [-0.2, -0.15) is 0 Å². The molecular weight excluding hydrogens is 393 g/mol. The first-order valence-electron chi connectivity index (χ1n) is 11.2. The number of aliphatic hydroxyl groups excluding tert-OH is 1. The number of halogens is 1. The fourth-order valence-corrected chi connectivity index (χ4v) is 5.71. The zero-order chi connectivity index (χ0) is 21.8. The van der Waals surface area contributed by atoms with E-state index in [1.807, 2.05) is 7.05 Å². The highest BCUT2D eigenvalue weighted by Gasteiger charge is 2.53. The standard InChI is InChI=1S/C25H30FN3O2/c1-25-12-14-28(13-4-7-22(30)17-8-10-18(26)11-9-17)15-20(25)19-5-3-6-21-24(19)29(25)16-23(31)27(21)2/h3,5-6,8-11,20,22,30H,4,7,12-16H2,1-2H3/t20-,22-,25-/m0/s1. The van der Waals surface area contributed by atoms with Gasteiger partial charge in [0.05, 0.1) is 24.0 Å². The van der Waals surface area contributed by atoms with E-state index in [4.69, 9.17) is 0 Å². The molecule has 2 aromatic rings. The smallest absolute Gasteiger partial charge is 0.246 e. The van der Waals surface area contributed by atoms with Gasteiger partial charge in [-0.25, -0.2) is 4.39 Å². The minimum atomic E-state index is -0.559. The third-order valence-corrected chi connectivity index (χ3v) is 7.67. The van der Waals surface area contributed by atoms with Gasteiger partial charge < -0.3 is 19.8 Å². The van der Waals surface area contributed by atoms with Crippen molar-refractivity contribution in [1.29, 1.82) is 0 Å². The van der Waals surface area contributed by atoms with E-state index in [0.717, 1.165) is 43.7 Å². The zero-order valence-corrected chi connectivity index (χ0v) is 18.2. The number of hydrogen-bond donors (Lipinski definition) is 1. The van der Waals surface area contributed by atoms with Crippen molar-refractivity contribution in [2.75, 3.05) is 43.0 Å². The number of rotatable bonds is 5. The summed E-state index contributed by atoms with van der Waals surface area (Å²) in [5, 5.41) is 10.4. The van der Waals surface area contributed by atoms with Crippen LogP contribution in [0.15, 0.2) is 42.5 Å². The molecule has 3 heterocycles. The van der Waals surface area contributed by atoms with Crippen molar-refractivity contribution in [3.05, 3.63) is 59.4 Å². The quantitative estimate of drug-likeness (QED) is 0.797. The number of fused-ring (bicyclic) bond motifs is 3. The Kier molecular flexibility index (Phi) is 5.02. The van der Waals surface area contributed by atoms with Crippen LogP contribution in [0.25, 0.3) is 0 Å². The van der Waals surface area contributed by atoms with Gasteiger partial charge in [-0.3, -0.25) is 4.79 Å². The summed E-state index contributed by atoms with van der Waals surface area (Å²) in [7, 11) is 1.87. The minimum Gasteiger partial charge on any atom is -0.388 e. The number of likely N-dealkylation sites (tertiary alicyclic amines) is 1. The second-order valence-corrected chi connectivity index (χ2v) is 9.42. The van der Waals surface area contributed by atoms with Gasteiger partial charge >= 0.3 is 0 Å². The van der Waals surface area contributed by atoms with Crippen LogP contribution in [0, 0.1) is 5.82 Å². The Balaban J connectivity index is 1.27. The largest absolute Gasteiger partial charge is 0.388 e. The summed E-state index contributed by atoms with van der Waals surface area (Å²) in [5.74, 6) is 0.250. The maximum absolute atomic E-state index is 13.1. The average molecular weight is 424 g/mol. The maximum atomic E-state index is 13.1. The van der Waals surface area contributed by atoms with E-state index in [0.29, 0.717) is 18.9 Å². The summed E-state index contributed by atoms with van der Waals surface area (Å²) in [5.41, 5.74) is 4.37. The highest BCUT2D eigenvalue weighted by atomic mass is 19.1. The molecule has 1 N–H and O–H groups in total. The van der Waals surface area contributed by atoms with Crippen LogP contribution in [-0.4, -0.2) is 54.7 Å². The molecule has 0 bridgehead atoms. The first-order valence-corrected chi connectivity index (χ1v) is 11.2. The molecule has 0 aliphatic carbocycles. The van der Waals surface area contributed by atoms with Crippen LogP contribution in [0.3, 0.4) is 0 Å². The normalized spacial score (nSPS) is 26.1. The number of aliphatic hydroxyl groups is 1. The van der Waals surface area contributed by atoms with E-state index in [9.17, 15) is 14.3 Å². The summed E-state index contributed by atoms with van der Waals surface area (Å²) >= 11 is 0. The molecule has 0 unspecified atom stereocenters. The predicted molar refractivity (Wildman–Crippen MR) is 120 cm³/mol. The van der Waals surface area contributed by atoms with Crippen LogP contribution in [0.5, 0.6) is 0 Å². The van der Waals surface area contributed by atoms with Crippen molar-refractivity contribution < 1.29 is 14.3 Å². The van der Waals surface area contributed by atoms with Gasteiger partial charge in [-0.1, -0.05) is 24.3 Å². The number of carbonyl (C=O) groups is 1. The van der Waals surface area contributed by atoms with Crippen LogP contribution in [0.4, 0.5) is 15.8 Å². The average Bonchev–Trinajstić information content (AvgIpc) is 3.01. The summed E-state index contributed by atoms with van der Waals surface area (Å²) in [6.45, 7) is 5.66. The molecule has 1 saturated heterocycles. The van der Waals surface area contributed by atoms with Crippen molar-refractivity contribution in [3.63, 3.8) is 0 Å². The second kappa shape index (κ2) is 7.61. The van der Waals surface area contributed by atoms with Crippen molar-refractivity contribution >= 4 is 17.3 Å². The van der Waals surface area contributed by atoms with E-state index in [1.165, 1.54) is 23.4 Å². The minimum absolute atomic E-state index is 0.0283. The number of anilines is 2. The molecule has 3 aliphatic heterocycles. The SMILES string of the molecule is CN1C(=O)CN2c3c(cccc31)[C@@H]1CN(CCC[C@H](O)c3ccc(F)cc3)CC[C@@]12C. The highest BCUT2D eigenvalue weighted by molar-refractivity contribution is 6.04. The topological polar surface area (TPSA) is 47.0 Å². The Morgan fingerprint density at radius 1 is 1.23 bits per heavy atom. The molecule has 0 radical (unpaired) electrons. The van der Waals surface area contributed by atoms with Gasteiger partial charge in [0.25, 0.3) is 0 Å². The van der Waals surface area contributed by atoms with Gasteiger partial charge in [0, 0.05) is 31.6 Å². The lowest BCUT2D eigenvalue weighted by molar-refractivity contribution is -0.117. The molecule has 6 heteroatoms. The molecule has 0 saturated carbocycles. The Morgan fingerprint density at radius 2 is 2.00 bits per heavy atom. The Hall–Kier alpha value is -2.44. The van der Waals surface area contributed by atoms with Crippen molar-refractivity contribution in [3.8, 4) is 0 Å². The van der Waals surface area contributed by atoms with Crippen molar-refractivity contribution in [2.45, 2.75) is 43.7 Å². The summed E-state index contributed by atoms with van der Waals surface area (Å²) < 4.78 is 13.1. The van der Waals surface area contributed by atoms with E-state index in [2.05, 4.69) is 34.9 Å². The Morgan fingerprint density at radius 3 is 2.77 bits per heavy atom. The first-order chi connectivity index (χ1) is 14.9. The Labute approximate surface area is 183 Å². The molecular formula is C25H30FN3O2. The van der Waals surface area contributed by atoms with Gasteiger partial charge in [-0.15, -0.1) is 0 Å². The third kappa shape index (κ3) is 3.33. The fourth-order valence-electron chi connectivity index (χ4n) is 5.71. The van der Waals surface area contributed by atoms with Crippen molar-refractivity contribution in [1.82, 2.24) is 4.90 Å². The molecule has 164 valence electrons. The summed E-state index contributed by atoms with van der Waals surface area (Å²) in [6.07, 6.45) is 2.01. The van der Waals surface area contributed by atoms with E-state index in [-0.39, 0.29) is 17.3 Å². The maximum Gasteiger partial charge on any atom is 0.246 e. The number of amides is 1. The predicted octanol–water partition coefficient (Wildman–Crippen LogP) is 3.68. The van der Waals surface area contributed by atoms with Crippen LogP contribution >= 0.6 is 0 Å². The first kappa shape index (κ1) is 20.5. The van der Waals surface area contributed by atoms with Gasteiger partial charge in [0.1, 0.15) is 5.82 Å².